The third-order valence-electron chi connectivity index (χ3n) is 3.48. The van der Waals surface area contributed by atoms with E-state index < -0.39 is 0 Å². The van der Waals surface area contributed by atoms with E-state index in [2.05, 4.69) is 17.4 Å². The van der Waals surface area contributed by atoms with Crippen molar-refractivity contribution < 1.29 is 9.53 Å². The van der Waals surface area contributed by atoms with Gasteiger partial charge in [0, 0.05) is 6.54 Å². The van der Waals surface area contributed by atoms with Crippen LogP contribution in [-0.2, 0) is 16.0 Å². The van der Waals surface area contributed by atoms with Crippen molar-refractivity contribution in [3.8, 4) is 0 Å². The standard InChI is InChI=1S/C14H19NO2/c1-17-13(16)14(8-5-9-15-11-14)10-12-6-3-2-4-7-12/h2-4,6-7,15H,5,8-11H2,1H3/t14-/m1/s1. The SMILES string of the molecule is COC(=O)[C@@]1(Cc2ccccc2)CCCNC1. The lowest BCUT2D eigenvalue weighted by Gasteiger charge is -2.35. The van der Waals surface area contributed by atoms with Crippen molar-refractivity contribution in [1.82, 2.24) is 5.32 Å². The fourth-order valence-corrected chi connectivity index (χ4v) is 2.57. The molecule has 1 aliphatic rings. The van der Waals surface area contributed by atoms with Crippen LogP contribution in [0.15, 0.2) is 30.3 Å². The van der Waals surface area contributed by atoms with Gasteiger partial charge in [-0.25, -0.2) is 0 Å². The van der Waals surface area contributed by atoms with E-state index in [0.717, 1.165) is 25.8 Å². The van der Waals surface area contributed by atoms with E-state index in [0.29, 0.717) is 6.54 Å². The molecule has 1 N–H and O–H groups in total. The summed E-state index contributed by atoms with van der Waals surface area (Å²) in [5.41, 5.74) is 0.815. The molecule has 0 bridgehead atoms. The Balaban J connectivity index is 2.19. The highest BCUT2D eigenvalue weighted by atomic mass is 16.5. The zero-order valence-electron chi connectivity index (χ0n) is 10.2. The van der Waals surface area contributed by atoms with E-state index in [1.165, 1.54) is 12.7 Å². The van der Waals surface area contributed by atoms with Crippen molar-refractivity contribution in [3.05, 3.63) is 35.9 Å². The number of nitrogens with one attached hydrogen (secondary N) is 1. The van der Waals surface area contributed by atoms with Gasteiger partial charge in [-0.2, -0.15) is 0 Å². The van der Waals surface area contributed by atoms with Crippen LogP contribution >= 0.6 is 0 Å². The van der Waals surface area contributed by atoms with Gasteiger partial charge in [0.1, 0.15) is 0 Å². The van der Waals surface area contributed by atoms with Crippen LogP contribution in [0.4, 0.5) is 0 Å². The fourth-order valence-electron chi connectivity index (χ4n) is 2.57. The summed E-state index contributed by atoms with van der Waals surface area (Å²) < 4.78 is 4.99. The van der Waals surface area contributed by atoms with E-state index in [1.54, 1.807) is 0 Å². The number of carbonyl (C=O) groups is 1. The summed E-state index contributed by atoms with van der Waals surface area (Å²) in [6.45, 7) is 1.71. The van der Waals surface area contributed by atoms with Crippen LogP contribution in [0.1, 0.15) is 18.4 Å². The quantitative estimate of drug-likeness (QED) is 0.809. The van der Waals surface area contributed by atoms with Crippen LogP contribution in [0.25, 0.3) is 0 Å². The predicted molar refractivity (Wildman–Crippen MR) is 66.7 cm³/mol. The molecule has 1 atom stereocenters. The first-order valence-corrected chi connectivity index (χ1v) is 6.10. The monoisotopic (exact) mass is 233 g/mol. The van der Waals surface area contributed by atoms with Crippen LogP contribution < -0.4 is 5.32 Å². The van der Waals surface area contributed by atoms with Crippen molar-refractivity contribution in [3.63, 3.8) is 0 Å². The molecular formula is C14H19NO2. The van der Waals surface area contributed by atoms with Gasteiger partial charge in [0.25, 0.3) is 0 Å². The molecule has 1 aromatic carbocycles. The van der Waals surface area contributed by atoms with Crippen molar-refractivity contribution in [2.75, 3.05) is 20.2 Å². The predicted octanol–water partition coefficient (Wildman–Crippen LogP) is 1.77. The molecule has 0 aromatic heterocycles. The van der Waals surface area contributed by atoms with E-state index in [-0.39, 0.29) is 11.4 Å². The number of methoxy groups -OCH3 is 1. The average molecular weight is 233 g/mol. The summed E-state index contributed by atoms with van der Waals surface area (Å²) in [6.07, 6.45) is 2.69. The summed E-state index contributed by atoms with van der Waals surface area (Å²) in [6, 6.07) is 10.2. The summed E-state index contributed by atoms with van der Waals surface area (Å²) >= 11 is 0. The zero-order valence-corrected chi connectivity index (χ0v) is 10.2. The van der Waals surface area contributed by atoms with E-state index >= 15 is 0 Å². The molecule has 1 heterocycles. The number of hydrogen-bond donors (Lipinski definition) is 1. The normalized spacial score (nSPS) is 24.3. The van der Waals surface area contributed by atoms with E-state index in [9.17, 15) is 4.79 Å². The molecule has 1 fully saturated rings. The first-order valence-electron chi connectivity index (χ1n) is 6.10. The number of piperidine rings is 1. The smallest absolute Gasteiger partial charge is 0.313 e. The van der Waals surface area contributed by atoms with Crippen LogP contribution in [0.2, 0.25) is 0 Å². The summed E-state index contributed by atoms with van der Waals surface area (Å²) in [5, 5.41) is 3.31. The highest BCUT2D eigenvalue weighted by molar-refractivity contribution is 5.77. The molecule has 17 heavy (non-hydrogen) atoms. The molecule has 0 amide bonds. The second kappa shape index (κ2) is 5.32. The van der Waals surface area contributed by atoms with E-state index in [1.807, 2.05) is 18.2 Å². The third kappa shape index (κ3) is 2.67. The molecule has 0 unspecified atom stereocenters. The number of carbonyl (C=O) groups excluding carboxylic acids is 1. The third-order valence-corrected chi connectivity index (χ3v) is 3.48. The molecule has 3 heteroatoms. The highest BCUT2D eigenvalue weighted by Gasteiger charge is 2.40. The lowest BCUT2D eigenvalue weighted by atomic mass is 9.76. The van der Waals surface area contributed by atoms with Gasteiger partial charge in [0.05, 0.1) is 12.5 Å². The zero-order chi connectivity index (χ0) is 12.1. The van der Waals surface area contributed by atoms with Crippen molar-refractivity contribution in [2.45, 2.75) is 19.3 Å². The Hall–Kier alpha value is -1.35. The van der Waals surface area contributed by atoms with Gasteiger partial charge >= 0.3 is 5.97 Å². The minimum atomic E-state index is -0.381. The number of esters is 1. The Kier molecular flexibility index (Phi) is 3.79. The molecule has 92 valence electrons. The Morgan fingerprint density at radius 3 is 2.76 bits per heavy atom. The number of benzene rings is 1. The minimum Gasteiger partial charge on any atom is -0.469 e. The number of ether oxygens (including phenoxy) is 1. The lowest BCUT2D eigenvalue weighted by molar-refractivity contribution is -0.153. The van der Waals surface area contributed by atoms with Gasteiger partial charge in [0.2, 0.25) is 0 Å². The van der Waals surface area contributed by atoms with Crippen molar-refractivity contribution in [2.24, 2.45) is 5.41 Å². The van der Waals surface area contributed by atoms with E-state index in [4.69, 9.17) is 4.74 Å². The van der Waals surface area contributed by atoms with Crippen LogP contribution in [-0.4, -0.2) is 26.2 Å². The Bertz CT molecular complexity index is 369. The average Bonchev–Trinajstić information content (AvgIpc) is 2.40. The number of rotatable bonds is 3. The van der Waals surface area contributed by atoms with Gasteiger partial charge in [-0.15, -0.1) is 0 Å². The van der Waals surface area contributed by atoms with Crippen LogP contribution in [0, 0.1) is 5.41 Å². The van der Waals surface area contributed by atoms with Crippen LogP contribution in [0.3, 0.4) is 0 Å². The molecule has 0 aliphatic carbocycles. The maximum absolute atomic E-state index is 12.0. The second-order valence-corrected chi connectivity index (χ2v) is 4.71. The van der Waals surface area contributed by atoms with Gasteiger partial charge < -0.3 is 10.1 Å². The highest BCUT2D eigenvalue weighted by Crippen LogP contribution is 2.31. The lowest BCUT2D eigenvalue weighted by Crippen LogP contribution is -2.47. The molecular weight excluding hydrogens is 214 g/mol. The van der Waals surface area contributed by atoms with Gasteiger partial charge in [-0.05, 0) is 31.4 Å². The fraction of sp³-hybridized carbons (Fsp3) is 0.500. The first-order chi connectivity index (χ1) is 8.27. The Labute approximate surface area is 102 Å². The molecule has 0 spiro atoms. The second-order valence-electron chi connectivity index (χ2n) is 4.71. The molecule has 2 rings (SSSR count). The van der Waals surface area contributed by atoms with Crippen molar-refractivity contribution in [1.29, 1.82) is 0 Å². The maximum Gasteiger partial charge on any atom is 0.313 e. The molecule has 1 aromatic rings. The Morgan fingerprint density at radius 2 is 2.18 bits per heavy atom. The van der Waals surface area contributed by atoms with Crippen molar-refractivity contribution >= 4 is 5.97 Å². The maximum atomic E-state index is 12.0. The molecule has 1 saturated heterocycles. The Morgan fingerprint density at radius 1 is 1.41 bits per heavy atom. The summed E-state index contributed by atoms with van der Waals surface area (Å²) in [5.74, 6) is -0.0893. The first kappa shape index (κ1) is 12.1. The minimum absolute atomic E-state index is 0.0893. The molecule has 0 saturated carbocycles. The molecule has 3 nitrogen and oxygen atoms in total. The topological polar surface area (TPSA) is 38.3 Å². The molecule has 1 aliphatic heterocycles. The number of hydrogen-bond acceptors (Lipinski definition) is 3. The van der Waals surface area contributed by atoms with Gasteiger partial charge in [-0.1, -0.05) is 30.3 Å². The summed E-state index contributed by atoms with van der Waals surface area (Å²) in [7, 11) is 1.48. The molecule has 0 radical (unpaired) electrons. The van der Waals surface area contributed by atoms with Gasteiger partial charge in [-0.3, -0.25) is 4.79 Å². The van der Waals surface area contributed by atoms with Gasteiger partial charge in [0.15, 0.2) is 0 Å². The summed E-state index contributed by atoms with van der Waals surface area (Å²) in [4.78, 5) is 12.0. The van der Waals surface area contributed by atoms with Crippen LogP contribution in [0.5, 0.6) is 0 Å². The largest absolute Gasteiger partial charge is 0.469 e.